The van der Waals surface area contributed by atoms with E-state index in [-0.39, 0.29) is 0 Å². The summed E-state index contributed by atoms with van der Waals surface area (Å²) in [6.45, 7) is 1.79. The maximum absolute atomic E-state index is 14.5. The van der Waals surface area contributed by atoms with Crippen LogP contribution in [0.3, 0.4) is 0 Å². The molecule has 0 amide bonds. The van der Waals surface area contributed by atoms with Crippen LogP contribution < -0.4 is 0 Å². The van der Waals surface area contributed by atoms with Crippen molar-refractivity contribution in [3.8, 4) is 0 Å². The lowest BCUT2D eigenvalue weighted by atomic mass is 10.1. The van der Waals surface area contributed by atoms with Crippen LogP contribution in [-0.2, 0) is 9.47 Å². The fraction of sp³-hybridized carbons (Fsp3) is 0.263. The second-order valence-electron chi connectivity index (χ2n) is 5.76. The molecular weight excluding hydrogens is 423 g/mol. The van der Waals surface area contributed by atoms with Crippen molar-refractivity contribution in [3.63, 3.8) is 0 Å². The van der Waals surface area contributed by atoms with Gasteiger partial charge in [0.15, 0.2) is 17.7 Å². The Morgan fingerprint density at radius 2 is 1.65 bits per heavy atom. The minimum atomic E-state index is -1.50. The zero-order valence-corrected chi connectivity index (χ0v) is 16.2. The molecule has 0 aliphatic carbocycles. The molecule has 2 aromatic carbocycles. The fourth-order valence-corrected chi connectivity index (χ4v) is 4.54. The molecule has 0 saturated carbocycles. The largest absolute Gasteiger partial charge is 0.451 e. The van der Waals surface area contributed by atoms with Gasteiger partial charge in [-0.05, 0) is 30.7 Å². The molecule has 0 bridgehead atoms. The summed E-state index contributed by atoms with van der Waals surface area (Å²) in [4.78, 5) is 24.7. The molecule has 1 unspecified atom stereocenters. The van der Waals surface area contributed by atoms with Gasteiger partial charge in [0.25, 0.3) is 0 Å². The molecule has 4 nitrogen and oxygen atoms in total. The van der Waals surface area contributed by atoms with E-state index in [4.69, 9.17) is 9.47 Å². The molecule has 2 aromatic rings. The Kier molecular flexibility index (Phi) is 5.98. The van der Waals surface area contributed by atoms with Gasteiger partial charge in [0.1, 0.15) is 0 Å². The lowest BCUT2D eigenvalue weighted by Gasteiger charge is -2.21. The van der Waals surface area contributed by atoms with E-state index in [9.17, 15) is 14.0 Å². The minimum Gasteiger partial charge on any atom is -0.451 e. The number of hydrogen-bond acceptors (Lipinski definition) is 5. The number of carbonyl (C=O) groups is 2. The number of hydrogen-bond donors (Lipinski definition) is 0. The van der Waals surface area contributed by atoms with Crippen LogP contribution in [0.4, 0.5) is 4.39 Å². The second kappa shape index (κ2) is 8.22. The summed E-state index contributed by atoms with van der Waals surface area (Å²) in [5.41, 5.74) is 0.529. The van der Waals surface area contributed by atoms with Gasteiger partial charge in [-0.1, -0.05) is 64.1 Å². The molecule has 1 fully saturated rings. The van der Waals surface area contributed by atoms with Crippen molar-refractivity contribution in [1.82, 2.24) is 0 Å². The van der Waals surface area contributed by atoms with Crippen molar-refractivity contribution < 1.29 is 23.5 Å². The van der Waals surface area contributed by atoms with Gasteiger partial charge < -0.3 is 9.47 Å². The monoisotopic (exact) mass is 438 g/mol. The molecule has 0 N–H and O–H groups in total. The van der Waals surface area contributed by atoms with Gasteiger partial charge in [0, 0.05) is 0 Å². The molecule has 7 heteroatoms. The standard InChI is InChI=1S/C19H16BrFO4S/c1-11-7-5-6-10-13(11)18(23)25-19-15(14(21)16(20)26-19)24-17(22)12-8-3-2-4-9-12/h2-10,14-16,19H,1H3/t14-,15-,16?,19+/m0/s1. The average molecular weight is 439 g/mol. The van der Waals surface area contributed by atoms with Crippen LogP contribution in [0.25, 0.3) is 0 Å². The van der Waals surface area contributed by atoms with Crippen LogP contribution in [0.1, 0.15) is 26.3 Å². The number of thioether (sulfide) groups is 1. The van der Waals surface area contributed by atoms with Crippen molar-refractivity contribution in [2.45, 2.75) is 28.8 Å². The van der Waals surface area contributed by atoms with Crippen LogP contribution in [0.5, 0.6) is 0 Å². The Morgan fingerprint density at radius 1 is 1.00 bits per heavy atom. The zero-order valence-electron chi connectivity index (χ0n) is 13.8. The third kappa shape index (κ3) is 4.10. The topological polar surface area (TPSA) is 52.6 Å². The van der Waals surface area contributed by atoms with Gasteiger partial charge in [0.2, 0.25) is 0 Å². The van der Waals surface area contributed by atoms with Crippen molar-refractivity contribution >= 4 is 39.6 Å². The summed E-state index contributed by atoms with van der Waals surface area (Å²) in [6.07, 6.45) is -2.69. The first kappa shape index (κ1) is 18.9. The highest BCUT2D eigenvalue weighted by Crippen LogP contribution is 2.42. The first-order valence-electron chi connectivity index (χ1n) is 7.93. The molecule has 0 spiro atoms. The van der Waals surface area contributed by atoms with E-state index >= 15 is 0 Å². The second-order valence-corrected chi connectivity index (χ2v) is 8.59. The molecular formula is C19H16BrFO4S. The molecule has 136 valence electrons. The molecule has 1 saturated heterocycles. The third-order valence-corrected chi connectivity index (χ3v) is 6.24. The van der Waals surface area contributed by atoms with E-state index in [1.54, 1.807) is 55.5 Å². The number of esters is 2. The maximum atomic E-state index is 14.5. The number of alkyl halides is 2. The summed E-state index contributed by atoms with van der Waals surface area (Å²) in [5, 5.41) is 0. The summed E-state index contributed by atoms with van der Waals surface area (Å²) in [6, 6.07) is 15.3. The van der Waals surface area contributed by atoms with Crippen molar-refractivity contribution in [2.75, 3.05) is 0 Å². The van der Waals surface area contributed by atoms with E-state index in [1.807, 2.05) is 6.07 Å². The quantitative estimate of drug-likeness (QED) is 0.519. The molecule has 4 atom stereocenters. The Labute approximate surface area is 163 Å². The van der Waals surface area contributed by atoms with Crippen LogP contribution in [0.2, 0.25) is 0 Å². The molecule has 0 radical (unpaired) electrons. The summed E-state index contributed by atoms with van der Waals surface area (Å²) >= 11 is 4.27. The Hall–Kier alpha value is -1.86. The number of rotatable bonds is 4. The predicted molar refractivity (Wildman–Crippen MR) is 101 cm³/mol. The number of carbonyl (C=O) groups excluding carboxylic acids is 2. The lowest BCUT2D eigenvalue weighted by Crippen LogP contribution is -2.36. The number of benzene rings is 2. The predicted octanol–water partition coefficient (Wildman–Crippen LogP) is 4.51. The Balaban J connectivity index is 1.74. The van der Waals surface area contributed by atoms with Crippen molar-refractivity contribution in [2.24, 2.45) is 0 Å². The van der Waals surface area contributed by atoms with Crippen molar-refractivity contribution in [1.29, 1.82) is 0 Å². The smallest absolute Gasteiger partial charge is 0.339 e. The lowest BCUT2D eigenvalue weighted by molar-refractivity contribution is -0.0265. The van der Waals surface area contributed by atoms with E-state index in [0.29, 0.717) is 11.1 Å². The molecule has 0 aromatic heterocycles. The minimum absolute atomic E-state index is 0.312. The van der Waals surface area contributed by atoms with Crippen LogP contribution in [0, 0.1) is 6.92 Å². The SMILES string of the molecule is Cc1ccccc1C(=O)O[C@@H]1SC(Br)[C@@H](F)[C@@H]1OC(=O)c1ccccc1. The van der Waals surface area contributed by atoms with Crippen LogP contribution >= 0.6 is 27.7 Å². The maximum Gasteiger partial charge on any atom is 0.339 e. The number of halogens is 2. The average Bonchev–Trinajstić information content (AvgIpc) is 2.90. The number of aryl methyl sites for hydroxylation is 1. The molecule has 1 heterocycles. The highest BCUT2D eigenvalue weighted by Gasteiger charge is 2.48. The summed E-state index contributed by atoms with van der Waals surface area (Å²) < 4.78 is 24.6. The van der Waals surface area contributed by atoms with Gasteiger partial charge in [0.05, 0.1) is 15.3 Å². The zero-order chi connectivity index (χ0) is 18.7. The van der Waals surface area contributed by atoms with Gasteiger partial charge in [-0.2, -0.15) is 0 Å². The highest BCUT2D eigenvalue weighted by atomic mass is 79.9. The molecule has 3 rings (SSSR count). The molecule has 1 aliphatic heterocycles. The molecule has 1 aliphatic rings. The van der Waals surface area contributed by atoms with E-state index in [1.165, 1.54) is 0 Å². The normalized spacial score (nSPS) is 24.9. The summed E-state index contributed by atoms with van der Waals surface area (Å²) in [7, 11) is 0. The highest BCUT2D eigenvalue weighted by molar-refractivity contribution is 9.11. The Bertz CT molecular complexity index is 801. The van der Waals surface area contributed by atoms with Crippen LogP contribution in [0.15, 0.2) is 54.6 Å². The fourth-order valence-electron chi connectivity index (χ4n) is 2.53. The number of ether oxygens (including phenoxy) is 2. The van der Waals surface area contributed by atoms with E-state index < -0.39 is 33.8 Å². The molecule has 26 heavy (non-hydrogen) atoms. The first-order valence-corrected chi connectivity index (χ1v) is 9.79. The third-order valence-electron chi connectivity index (χ3n) is 3.94. The van der Waals surface area contributed by atoms with Gasteiger partial charge in [-0.15, -0.1) is 0 Å². The Morgan fingerprint density at radius 3 is 2.35 bits per heavy atom. The van der Waals surface area contributed by atoms with Crippen LogP contribution in [-0.4, -0.2) is 33.8 Å². The van der Waals surface area contributed by atoms with E-state index in [2.05, 4.69) is 15.9 Å². The summed E-state index contributed by atoms with van der Waals surface area (Å²) in [5.74, 6) is -1.23. The van der Waals surface area contributed by atoms with Crippen molar-refractivity contribution in [3.05, 3.63) is 71.3 Å². The van der Waals surface area contributed by atoms with Gasteiger partial charge in [-0.3, -0.25) is 0 Å². The first-order chi connectivity index (χ1) is 12.5. The van der Waals surface area contributed by atoms with Gasteiger partial charge in [-0.25, -0.2) is 14.0 Å². The van der Waals surface area contributed by atoms with E-state index in [0.717, 1.165) is 17.3 Å². The van der Waals surface area contributed by atoms with Gasteiger partial charge >= 0.3 is 11.9 Å².